The summed E-state index contributed by atoms with van der Waals surface area (Å²) in [5.74, 6) is -1.42. The van der Waals surface area contributed by atoms with E-state index in [9.17, 15) is 22.4 Å². The maximum Gasteiger partial charge on any atom is 0.260 e. The van der Waals surface area contributed by atoms with E-state index in [1.165, 1.54) is 12.1 Å². The van der Waals surface area contributed by atoms with Crippen LogP contribution in [0.4, 0.5) is 15.8 Å². The molecule has 2 N–H and O–H groups in total. The number of hydrogen-bond donors (Lipinski definition) is 2. The molecule has 176 valence electrons. The molecule has 34 heavy (non-hydrogen) atoms. The third kappa shape index (κ3) is 6.72. The number of carbonyl (C=O) groups excluding carboxylic acids is 2. The first-order valence-electron chi connectivity index (χ1n) is 10.2. The third-order valence-electron chi connectivity index (χ3n) is 4.75. The van der Waals surface area contributed by atoms with Crippen molar-refractivity contribution in [3.05, 3.63) is 95.8 Å². The highest BCUT2D eigenvalue weighted by atomic mass is 32.2. The molecule has 2 amide bonds. The number of anilines is 2. The molecule has 0 heterocycles. The van der Waals surface area contributed by atoms with Crippen LogP contribution in [0.2, 0.25) is 0 Å². The van der Waals surface area contributed by atoms with Gasteiger partial charge in [-0.25, -0.2) is 18.2 Å². The number of nitrogens with zero attached hydrogens (tertiary/aromatic N) is 2. The largest absolute Gasteiger partial charge is 0.322 e. The lowest BCUT2D eigenvalue weighted by atomic mass is 10.1. The average molecular weight is 483 g/mol. The lowest BCUT2D eigenvalue weighted by molar-refractivity contribution is -0.119. The van der Waals surface area contributed by atoms with E-state index < -0.39 is 28.3 Å². The third-order valence-corrected chi connectivity index (χ3v) is 5.89. The van der Waals surface area contributed by atoms with Gasteiger partial charge in [0.25, 0.3) is 11.8 Å². The van der Waals surface area contributed by atoms with E-state index in [0.29, 0.717) is 22.5 Å². The van der Waals surface area contributed by atoms with Gasteiger partial charge in [-0.2, -0.15) is 5.10 Å². The summed E-state index contributed by atoms with van der Waals surface area (Å²) in [6.45, 7) is 1.15. The van der Waals surface area contributed by atoms with Crippen molar-refractivity contribution in [2.45, 2.75) is 6.92 Å². The number of amides is 2. The number of benzene rings is 3. The van der Waals surface area contributed by atoms with Crippen LogP contribution in [0.3, 0.4) is 0 Å². The Morgan fingerprint density at radius 3 is 2.12 bits per heavy atom. The molecule has 0 unspecified atom stereocenters. The van der Waals surface area contributed by atoms with Crippen molar-refractivity contribution < 1.29 is 22.4 Å². The van der Waals surface area contributed by atoms with Gasteiger partial charge in [0, 0.05) is 11.3 Å². The standard InChI is InChI=1S/C24H23FN4O4S/c1-17(18-8-12-21(13-9-18)26-24(31)19-6-4-3-5-7-19)27-28-23(30)16-29(34(2,32)33)22-14-10-20(25)11-15-22/h3-15H,16H2,1-2H3,(H,26,31)(H,28,30)/b27-17-. The van der Waals surface area contributed by atoms with Gasteiger partial charge in [-0.05, 0) is 61.0 Å². The van der Waals surface area contributed by atoms with Crippen molar-refractivity contribution in [3.8, 4) is 0 Å². The molecule has 0 bridgehead atoms. The minimum absolute atomic E-state index is 0.160. The molecule has 3 rings (SSSR count). The van der Waals surface area contributed by atoms with Gasteiger partial charge in [-0.15, -0.1) is 0 Å². The Morgan fingerprint density at radius 1 is 0.912 bits per heavy atom. The second-order valence-corrected chi connectivity index (χ2v) is 9.28. The van der Waals surface area contributed by atoms with Crippen molar-refractivity contribution in [2.24, 2.45) is 5.10 Å². The predicted molar refractivity (Wildman–Crippen MR) is 130 cm³/mol. The zero-order chi connectivity index (χ0) is 24.7. The smallest absolute Gasteiger partial charge is 0.260 e. The first-order chi connectivity index (χ1) is 16.1. The summed E-state index contributed by atoms with van der Waals surface area (Å²) in [4.78, 5) is 24.6. The van der Waals surface area contributed by atoms with Crippen LogP contribution in [-0.4, -0.2) is 38.7 Å². The number of carbonyl (C=O) groups is 2. The van der Waals surface area contributed by atoms with Gasteiger partial charge < -0.3 is 5.32 Å². The Balaban J connectivity index is 1.62. The number of nitrogens with one attached hydrogen (secondary N) is 2. The Hall–Kier alpha value is -4.05. The quantitative estimate of drug-likeness (QED) is 0.379. The Bertz CT molecular complexity index is 1290. The first kappa shape index (κ1) is 24.6. The minimum Gasteiger partial charge on any atom is -0.322 e. The van der Waals surface area contributed by atoms with Gasteiger partial charge in [0.2, 0.25) is 10.0 Å². The highest BCUT2D eigenvalue weighted by Gasteiger charge is 2.20. The molecule has 0 aliphatic carbocycles. The molecule has 0 aromatic heterocycles. The van der Waals surface area contributed by atoms with Crippen molar-refractivity contribution >= 4 is 38.9 Å². The Kier molecular flexibility index (Phi) is 7.75. The number of rotatable bonds is 8. The average Bonchev–Trinajstić information content (AvgIpc) is 2.82. The van der Waals surface area contributed by atoms with Crippen molar-refractivity contribution in [3.63, 3.8) is 0 Å². The van der Waals surface area contributed by atoms with E-state index in [2.05, 4.69) is 15.8 Å². The normalized spacial score (nSPS) is 11.6. The molecule has 3 aromatic rings. The summed E-state index contributed by atoms with van der Waals surface area (Å²) >= 11 is 0. The molecule has 3 aromatic carbocycles. The summed E-state index contributed by atoms with van der Waals surface area (Å²) < 4.78 is 38.2. The fraction of sp³-hybridized carbons (Fsp3) is 0.125. The Labute approximate surface area is 197 Å². The van der Waals surface area contributed by atoms with E-state index in [1.54, 1.807) is 55.5 Å². The Morgan fingerprint density at radius 2 is 1.53 bits per heavy atom. The monoisotopic (exact) mass is 482 g/mol. The zero-order valence-corrected chi connectivity index (χ0v) is 19.3. The number of hydrogen-bond acceptors (Lipinski definition) is 5. The van der Waals surface area contributed by atoms with Crippen molar-refractivity contribution in [1.29, 1.82) is 0 Å². The maximum atomic E-state index is 13.2. The van der Waals surface area contributed by atoms with E-state index in [4.69, 9.17) is 0 Å². The topological polar surface area (TPSA) is 108 Å². The van der Waals surface area contributed by atoms with Gasteiger partial charge in [-0.1, -0.05) is 30.3 Å². The molecule has 0 saturated heterocycles. The predicted octanol–water partition coefficient (Wildman–Crippen LogP) is 3.38. The van der Waals surface area contributed by atoms with Crippen LogP contribution in [0.25, 0.3) is 0 Å². The van der Waals surface area contributed by atoms with Gasteiger partial charge in [0.05, 0.1) is 17.7 Å². The summed E-state index contributed by atoms with van der Waals surface area (Å²) in [7, 11) is -3.78. The van der Waals surface area contributed by atoms with Gasteiger partial charge in [0.1, 0.15) is 12.4 Å². The van der Waals surface area contributed by atoms with Crippen LogP contribution in [0.15, 0.2) is 84.0 Å². The van der Waals surface area contributed by atoms with Crippen LogP contribution < -0.4 is 15.0 Å². The molecule has 8 nitrogen and oxygen atoms in total. The van der Waals surface area contributed by atoms with Crippen LogP contribution in [0, 0.1) is 5.82 Å². The fourth-order valence-corrected chi connectivity index (χ4v) is 3.83. The maximum absolute atomic E-state index is 13.2. The molecule has 0 fully saturated rings. The molecule has 0 radical (unpaired) electrons. The lowest BCUT2D eigenvalue weighted by Crippen LogP contribution is -2.39. The highest BCUT2D eigenvalue weighted by molar-refractivity contribution is 7.92. The number of hydrazone groups is 1. The summed E-state index contributed by atoms with van der Waals surface area (Å²) in [5.41, 5.74) is 4.79. The molecular weight excluding hydrogens is 459 g/mol. The van der Waals surface area contributed by atoms with E-state index in [0.717, 1.165) is 22.7 Å². The zero-order valence-electron chi connectivity index (χ0n) is 18.5. The first-order valence-corrected chi connectivity index (χ1v) is 12.0. The number of halogens is 1. The van der Waals surface area contributed by atoms with Crippen LogP contribution in [0.5, 0.6) is 0 Å². The molecule has 0 atom stereocenters. The second kappa shape index (κ2) is 10.7. The van der Waals surface area contributed by atoms with Gasteiger partial charge >= 0.3 is 0 Å². The molecule has 0 aliphatic rings. The van der Waals surface area contributed by atoms with E-state index in [-0.39, 0.29) is 11.6 Å². The molecule has 0 spiro atoms. The summed E-state index contributed by atoms with van der Waals surface area (Å²) in [6, 6.07) is 20.4. The van der Waals surface area contributed by atoms with Gasteiger partial charge in [0.15, 0.2) is 0 Å². The SMILES string of the molecule is C/C(=N/NC(=O)CN(c1ccc(F)cc1)S(C)(=O)=O)c1ccc(NC(=O)c2ccccc2)cc1. The second-order valence-electron chi connectivity index (χ2n) is 7.38. The highest BCUT2D eigenvalue weighted by Crippen LogP contribution is 2.17. The van der Waals surface area contributed by atoms with E-state index >= 15 is 0 Å². The van der Waals surface area contributed by atoms with Crippen molar-refractivity contribution in [1.82, 2.24) is 5.43 Å². The fourth-order valence-electron chi connectivity index (χ4n) is 2.97. The van der Waals surface area contributed by atoms with E-state index in [1.807, 2.05) is 6.07 Å². The summed E-state index contributed by atoms with van der Waals surface area (Å²) in [5, 5.41) is 6.82. The van der Waals surface area contributed by atoms with Crippen molar-refractivity contribution in [2.75, 3.05) is 22.4 Å². The summed E-state index contributed by atoms with van der Waals surface area (Å²) in [6.07, 6.45) is 0.955. The lowest BCUT2D eigenvalue weighted by Gasteiger charge is -2.21. The molecular formula is C24H23FN4O4S. The van der Waals surface area contributed by atoms with Gasteiger partial charge in [-0.3, -0.25) is 13.9 Å². The van der Waals surface area contributed by atoms with Crippen LogP contribution in [-0.2, 0) is 14.8 Å². The van der Waals surface area contributed by atoms with Crippen LogP contribution >= 0.6 is 0 Å². The minimum atomic E-state index is -3.78. The van der Waals surface area contributed by atoms with Crippen LogP contribution in [0.1, 0.15) is 22.8 Å². The molecule has 0 saturated carbocycles. The molecule has 10 heteroatoms. The number of sulfonamides is 1. The molecule has 0 aliphatic heterocycles.